The van der Waals surface area contributed by atoms with E-state index in [4.69, 9.17) is 4.74 Å². The van der Waals surface area contributed by atoms with Crippen molar-refractivity contribution in [3.8, 4) is 5.75 Å². The Balaban J connectivity index is 1.81. The minimum atomic E-state index is -0.202. The fourth-order valence-corrected chi connectivity index (χ4v) is 3.26. The summed E-state index contributed by atoms with van der Waals surface area (Å²) in [6, 6.07) is 12.9. The van der Waals surface area contributed by atoms with Gasteiger partial charge < -0.3 is 15.0 Å². The van der Waals surface area contributed by atoms with Crippen LogP contribution in [0.1, 0.15) is 42.6 Å². The number of amides is 2. The van der Waals surface area contributed by atoms with Crippen molar-refractivity contribution in [1.82, 2.24) is 0 Å². The van der Waals surface area contributed by atoms with Crippen LogP contribution in [0.25, 0.3) is 0 Å². The number of hydrogen-bond donors (Lipinski definition) is 1. The molecule has 1 N–H and O–H groups in total. The van der Waals surface area contributed by atoms with Gasteiger partial charge in [0.15, 0.2) is 0 Å². The normalized spacial score (nSPS) is 13.1. The highest BCUT2D eigenvalue weighted by Gasteiger charge is 2.22. The topological polar surface area (TPSA) is 58.6 Å². The Morgan fingerprint density at radius 2 is 1.96 bits per heavy atom. The van der Waals surface area contributed by atoms with E-state index in [2.05, 4.69) is 5.32 Å². The number of aryl methyl sites for hydroxylation is 1. The van der Waals surface area contributed by atoms with Gasteiger partial charge >= 0.3 is 0 Å². The summed E-state index contributed by atoms with van der Waals surface area (Å²) >= 11 is 0. The summed E-state index contributed by atoms with van der Waals surface area (Å²) in [5.74, 6) is 0.504. The van der Waals surface area contributed by atoms with Crippen molar-refractivity contribution in [2.75, 3.05) is 23.4 Å². The number of carbonyl (C=O) groups is 2. The predicted octanol–water partition coefficient (Wildman–Crippen LogP) is 4.03. The molecular weight excluding hydrogens is 328 g/mol. The summed E-state index contributed by atoms with van der Waals surface area (Å²) in [7, 11) is 0. The zero-order valence-corrected chi connectivity index (χ0v) is 15.2. The van der Waals surface area contributed by atoms with Crippen molar-refractivity contribution in [3.05, 3.63) is 53.6 Å². The lowest BCUT2D eigenvalue weighted by Gasteiger charge is -2.29. The van der Waals surface area contributed by atoms with E-state index < -0.39 is 0 Å². The van der Waals surface area contributed by atoms with Gasteiger partial charge in [-0.1, -0.05) is 19.1 Å². The molecule has 0 fully saturated rings. The third-order valence-corrected chi connectivity index (χ3v) is 4.49. The number of carbonyl (C=O) groups excluding carboxylic acids is 2. The highest BCUT2D eigenvalue weighted by molar-refractivity contribution is 6.06. The molecule has 26 heavy (non-hydrogen) atoms. The molecular formula is C21H24N2O3. The number of para-hydroxylation sites is 1. The van der Waals surface area contributed by atoms with Crippen LogP contribution in [0.2, 0.25) is 0 Å². The first-order chi connectivity index (χ1) is 12.6. The van der Waals surface area contributed by atoms with Crippen molar-refractivity contribution in [2.45, 2.75) is 33.1 Å². The molecule has 0 saturated heterocycles. The molecule has 5 nitrogen and oxygen atoms in total. The Kier molecular flexibility index (Phi) is 5.56. The van der Waals surface area contributed by atoms with E-state index in [1.165, 1.54) is 0 Å². The summed E-state index contributed by atoms with van der Waals surface area (Å²) in [6.07, 6.45) is 2.33. The fraction of sp³-hybridized carbons (Fsp3) is 0.333. The van der Waals surface area contributed by atoms with Gasteiger partial charge in [0.1, 0.15) is 5.75 Å². The van der Waals surface area contributed by atoms with Crippen molar-refractivity contribution >= 4 is 23.2 Å². The Bertz CT molecular complexity index is 817. The molecule has 0 radical (unpaired) electrons. The molecule has 5 heteroatoms. The maximum Gasteiger partial charge on any atom is 0.259 e. The number of rotatable bonds is 5. The number of benzene rings is 2. The highest BCUT2D eigenvalue weighted by Crippen LogP contribution is 2.30. The Labute approximate surface area is 154 Å². The number of ether oxygens (including phenoxy) is 1. The summed E-state index contributed by atoms with van der Waals surface area (Å²) in [4.78, 5) is 26.6. The van der Waals surface area contributed by atoms with Crippen molar-refractivity contribution in [2.24, 2.45) is 0 Å². The van der Waals surface area contributed by atoms with Gasteiger partial charge in [0.2, 0.25) is 5.91 Å². The molecule has 0 atom stereocenters. The van der Waals surface area contributed by atoms with Gasteiger partial charge in [-0.15, -0.1) is 0 Å². The maximum atomic E-state index is 12.6. The fourth-order valence-electron chi connectivity index (χ4n) is 3.26. The van der Waals surface area contributed by atoms with Gasteiger partial charge in [0, 0.05) is 24.3 Å². The molecule has 1 aliphatic heterocycles. The summed E-state index contributed by atoms with van der Waals surface area (Å²) in [5, 5.41) is 2.94. The Hall–Kier alpha value is -2.82. The number of nitrogens with zero attached hydrogens (tertiary/aromatic N) is 1. The van der Waals surface area contributed by atoms with E-state index in [0.29, 0.717) is 24.3 Å². The molecule has 0 unspecified atom stereocenters. The van der Waals surface area contributed by atoms with E-state index >= 15 is 0 Å². The van der Waals surface area contributed by atoms with Gasteiger partial charge in [0.25, 0.3) is 5.91 Å². The van der Waals surface area contributed by atoms with Crippen LogP contribution in [0.5, 0.6) is 5.75 Å². The molecule has 0 aliphatic carbocycles. The van der Waals surface area contributed by atoms with Crippen LogP contribution in [-0.4, -0.2) is 25.0 Å². The van der Waals surface area contributed by atoms with E-state index in [1.54, 1.807) is 12.1 Å². The minimum absolute atomic E-state index is 0.133. The molecule has 0 aromatic heterocycles. The first kappa shape index (κ1) is 18.0. The molecule has 3 rings (SSSR count). The predicted molar refractivity (Wildman–Crippen MR) is 103 cm³/mol. The zero-order chi connectivity index (χ0) is 18.5. The van der Waals surface area contributed by atoms with E-state index in [9.17, 15) is 9.59 Å². The third kappa shape index (κ3) is 3.72. The number of fused-ring (bicyclic) bond motifs is 1. The van der Waals surface area contributed by atoms with Gasteiger partial charge in [0.05, 0.1) is 12.2 Å². The Morgan fingerprint density at radius 3 is 2.73 bits per heavy atom. The molecule has 0 bridgehead atoms. The lowest BCUT2D eigenvalue weighted by atomic mass is 10.0. The highest BCUT2D eigenvalue weighted by atomic mass is 16.5. The lowest BCUT2D eigenvalue weighted by Crippen LogP contribution is -2.34. The second-order valence-electron chi connectivity index (χ2n) is 6.23. The average molecular weight is 352 g/mol. The third-order valence-electron chi connectivity index (χ3n) is 4.49. The molecule has 2 aromatic carbocycles. The smallest absolute Gasteiger partial charge is 0.259 e. The van der Waals surface area contributed by atoms with Gasteiger partial charge in [-0.05, 0) is 55.7 Å². The van der Waals surface area contributed by atoms with Gasteiger partial charge in [-0.3, -0.25) is 9.59 Å². The maximum absolute atomic E-state index is 12.6. The van der Waals surface area contributed by atoms with E-state index in [1.807, 2.05) is 49.1 Å². The summed E-state index contributed by atoms with van der Waals surface area (Å²) in [6.45, 7) is 5.03. The van der Waals surface area contributed by atoms with Crippen LogP contribution in [0.4, 0.5) is 11.4 Å². The number of hydrogen-bond acceptors (Lipinski definition) is 3. The first-order valence-corrected chi connectivity index (χ1v) is 9.10. The molecule has 0 saturated carbocycles. The van der Waals surface area contributed by atoms with Crippen molar-refractivity contribution < 1.29 is 14.3 Å². The van der Waals surface area contributed by atoms with Crippen LogP contribution in [-0.2, 0) is 11.2 Å². The Morgan fingerprint density at radius 1 is 1.15 bits per heavy atom. The summed E-state index contributed by atoms with van der Waals surface area (Å²) in [5.41, 5.74) is 3.28. The first-order valence-electron chi connectivity index (χ1n) is 9.10. The molecule has 2 aromatic rings. The van der Waals surface area contributed by atoms with Crippen LogP contribution in [0, 0.1) is 0 Å². The van der Waals surface area contributed by atoms with Crippen LogP contribution in [0.3, 0.4) is 0 Å². The van der Waals surface area contributed by atoms with Crippen LogP contribution < -0.4 is 15.0 Å². The monoisotopic (exact) mass is 352 g/mol. The number of nitrogens with one attached hydrogen (secondary N) is 1. The zero-order valence-electron chi connectivity index (χ0n) is 15.2. The largest absolute Gasteiger partial charge is 0.493 e. The molecule has 1 heterocycles. The van der Waals surface area contributed by atoms with Crippen molar-refractivity contribution in [1.29, 1.82) is 0 Å². The standard InChI is InChI=1S/C21H24N2O3/c1-3-20(24)23-13-7-8-15-14-16(11-12-18(15)23)22-21(25)17-9-5-6-10-19(17)26-4-2/h5-6,9-12,14H,3-4,7-8,13H2,1-2H3,(H,22,25). The second-order valence-corrected chi connectivity index (χ2v) is 6.23. The van der Waals surface area contributed by atoms with E-state index in [-0.39, 0.29) is 11.8 Å². The SMILES string of the molecule is CCOc1ccccc1C(=O)Nc1ccc2c(c1)CCCN2C(=O)CC. The summed E-state index contributed by atoms with van der Waals surface area (Å²) < 4.78 is 5.53. The molecule has 1 aliphatic rings. The molecule has 2 amide bonds. The van der Waals surface area contributed by atoms with Gasteiger partial charge in [-0.2, -0.15) is 0 Å². The van der Waals surface area contributed by atoms with Gasteiger partial charge in [-0.25, -0.2) is 0 Å². The van der Waals surface area contributed by atoms with Crippen LogP contribution >= 0.6 is 0 Å². The lowest BCUT2D eigenvalue weighted by molar-refractivity contribution is -0.118. The minimum Gasteiger partial charge on any atom is -0.493 e. The van der Waals surface area contributed by atoms with E-state index in [0.717, 1.165) is 36.3 Å². The van der Waals surface area contributed by atoms with Crippen LogP contribution in [0.15, 0.2) is 42.5 Å². The molecule has 136 valence electrons. The second kappa shape index (κ2) is 8.04. The van der Waals surface area contributed by atoms with Crippen molar-refractivity contribution in [3.63, 3.8) is 0 Å². The quantitative estimate of drug-likeness (QED) is 0.884. The number of anilines is 2. The molecule has 0 spiro atoms. The average Bonchev–Trinajstić information content (AvgIpc) is 2.67.